The van der Waals surface area contributed by atoms with Crippen molar-refractivity contribution < 1.29 is 68.5 Å². The Morgan fingerprint density at radius 3 is 2.42 bits per heavy atom. The second kappa shape index (κ2) is 22.8. The van der Waals surface area contributed by atoms with Gasteiger partial charge < -0.3 is 44.4 Å². The molecule has 1 amide bonds. The summed E-state index contributed by atoms with van der Waals surface area (Å²) in [6.07, 6.45) is 4.66. The van der Waals surface area contributed by atoms with E-state index in [2.05, 4.69) is 30.0 Å². The van der Waals surface area contributed by atoms with Crippen LogP contribution in [0.25, 0.3) is 0 Å². The number of methoxy groups -OCH3 is 1. The van der Waals surface area contributed by atoms with Gasteiger partial charge in [0.1, 0.15) is 37.0 Å². The molecule has 4 rings (SSSR count). The maximum Gasteiger partial charge on any atom is 0.346 e. The van der Waals surface area contributed by atoms with Crippen molar-refractivity contribution in [1.82, 2.24) is 19.9 Å². The Bertz CT molecular complexity index is 1840. The molecule has 0 aliphatic carbocycles. The summed E-state index contributed by atoms with van der Waals surface area (Å²) in [5.41, 5.74) is 1.02. The lowest BCUT2D eigenvalue weighted by Crippen LogP contribution is -2.36. The Kier molecular flexibility index (Phi) is 18.0. The molecular formula is C33H39ClN8O15. The maximum absolute atomic E-state index is 13.5. The van der Waals surface area contributed by atoms with Crippen molar-refractivity contribution in [3.8, 4) is 5.75 Å². The first kappa shape index (κ1) is 44.9. The van der Waals surface area contributed by atoms with Crippen LogP contribution in [0.3, 0.4) is 0 Å². The van der Waals surface area contributed by atoms with Gasteiger partial charge in [0.15, 0.2) is 0 Å². The highest BCUT2D eigenvalue weighted by atomic mass is 35.5. The van der Waals surface area contributed by atoms with Gasteiger partial charge in [-0.3, -0.25) is 19.3 Å². The summed E-state index contributed by atoms with van der Waals surface area (Å²) in [6, 6.07) is 6.78. The molecule has 57 heavy (non-hydrogen) atoms. The number of carbonyl (C=O) groups excluding carboxylic acids is 3. The third kappa shape index (κ3) is 14.6. The number of aromatic nitrogens is 4. The Morgan fingerprint density at radius 1 is 1.11 bits per heavy atom. The number of halogens is 1. The zero-order valence-corrected chi connectivity index (χ0v) is 31.3. The van der Waals surface area contributed by atoms with Gasteiger partial charge in [0.05, 0.1) is 43.5 Å². The quantitative estimate of drug-likeness (QED) is 0.0417. The van der Waals surface area contributed by atoms with Crippen molar-refractivity contribution in [3.63, 3.8) is 0 Å². The van der Waals surface area contributed by atoms with Crippen LogP contribution in [0.2, 0.25) is 5.02 Å². The number of hydrogen-bond donors (Lipinski definition) is 4. The highest BCUT2D eigenvalue weighted by molar-refractivity contribution is 6.32. The molecule has 3 aromatic rings. The highest BCUT2D eigenvalue weighted by Crippen LogP contribution is 2.28. The lowest BCUT2D eigenvalue weighted by atomic mass is 10.0. The minimum atomic E-state index is -1.36. The van der Waals surface area contributed by atoms with Crippen molar-refractivity contribution in [2.45, 2.75) is 38.3 Å². The molecule has 2 aromatic heterocycles. The first-order valence-corrected chi connectivity index (χ1v) is 17.2. The molecule has 0 saturated carbocycles. The fourth-order valence-corrected chi connectivity index (χ4v) is 5.39. The van der Waals surface area contributed by atoms with E-state index in [1.54, 1.807) is 25.2 Å². The molecular weight excluding hydrogens is 784 g/mol. The number of nitrogens with one attached hydrogen (secondary N) is 1. The van der Waals surface area contributed by atoms with E-state index in [0.29, 0.717) is 29.8 Å². The van der Waals surface area contributed by atoms with Gasteiger partial charge in [-0.1, -0.05) is 17.7 Å². The number of carbonyl (C=O) groups is 5. The minimum absolute atomic E-state index is 0.0544. The molecule has 1 fully saturated rings. The fourth-order valence-electron chi connectivity index (χ4n) is 5.11. The summed E-state index contributed by atoms with van der Waals surface area (Å²) in [5, 5.41) is 37.3. The molecule has 308 valence electrons. The third-order valence-electron chi connectivity index (χ3n) is 7.82. The monoisotopic (exact) mass is 822 g/mol. The summed E-state index contributed by atoms with van der Waals surface area (Å²) >= 11 is 6.30. The first-order valence-electron chi connectivity index (χ1n) is 16.8. The Hall–Kier alpha value is -6.46. The molecule has 1 saturated heterocycles. The molecule has 1 aliphatic rings. The fraction of sp³-hybridized carbons (Fsp3) is 0.424. The standard InChI is InChI=1S/C27H31ClN8O8.C6H8O7/c1-34(26-29-8-4-9-30-26)25(38)20-15-32-27(33-24(20)31-14-18-6-7-22(41-2)21(28)13-18)35-10-3-5-19(35)16-43-23(37)17-42-11-12-44-36(39)40;7-4(8)1-3(2-5(9)10)6(11)13-12/h4,6-9,13,15,19H,3,5,10-12,14,16-17H2,1-2H3,(H,31,32,33);3,12H,1-2H2,(H,7,8)(H,9,10)/t19-;/m0./s1. The van der Waals surface area contributed by atoms with Crippen LogP contribution in [-0.4, -0.2) is 123 Å². The molecule has 4 N–H and O–H groups in total. The Labute approximate surface area is 328 Å². The van der Waals surface area contributed by atoms with Crippen LogP contribution < -0.4 is 19.9 Å². The number of benzene rings is 1. The van der Waals surface area contributed by atoms with Gasteiger partial charge in [0, 0.05) is 38.7 Å². The molecule has 3 heterocycles. The van der Waals surface area contributed by atoms with E-state index in [1.165, 1.54) is 30.6 Å². The zero-order chi connectivity index (χ0) is 41.9. The predicted molar refractivity (Wildman–Crippen MR) is 194 cm³/mol. The number of hydrogen-bond acceptors (Lipinski definition) is 19. The second-order valence-corrected chi connectivity index (χ2v) is 12.2. The Balaban J connectivity index is 0.000000573. The summed E-state index contributed by atoms with van der Waals surface area (Å²) in [6.45, 7) is 0.161. The van der Waals surface area contributed by atoms with Gasteiger partial charge in [-0.25, -0.2) is 24.5 Å². The Morgan fingerprint density at radius 2 is 1.81 bits per heavy atom. The van der Waals surface area contributed by atoms with Gasteiger partial charge in [0.25, 0.3) is 11.0 Å². The van der Waals surface area contributed by atoms with Gasteiger partial charge in [-0.15, -0.1) is 10.1 Å². The zero-order valence-electron chi connectivity index (χ0n) is 30.5. The van der Waals surface area contributed by atoms with Gasteiger partial charge in [-0.2, -0.15) is 10.2 Å². The van der Waals surface area contributed by atoms with Crippen molar-refractivity contribution in [2.75, 3.05) is 62.2 Å². The first-order chi connectivity index (χ1) is 27.2. The van der Waals surface area contributed by atoms with Crippen LogP contribution in [-0.2, 0) is 44.9 Å². The normalized spacial score (nSPS) is 13.1. The van der Waals surface area contributed by atoms with Crippen molar-refractivity contribution in [1.29, 1.82) is 0 Å². The molecule has 1 atom stereocenters. The number of amides is 1. The van der Waals surface area contributed by atoms with Crippen LogP contribution in [0.15, 0.2) is 42.9 Å². The molecule has 0 unspecified atom stereocenters. The van der Waals surface area contributed by atoms with Crippen LogP contribution >= 0.6 is 11.6 Å². The van der Waals surface area contributed by atoms with Crippen LogP contribution in [0.5, 0.6) is 5.75 Å². The van der Waals surface area contributed by atoms with Crippen molar-refractivity contribution in [2.24, 2.45) is 5.92 Å². The second-order valence-electron chi connectivity index (χ2n) is 11.8. The van der Waals surface area contributed by atoms with Crippen molar-refractivity contribution in [3.05, 3.63) is 69.1 Å². The summed E-state index contributed by atoms with van der Waals surface area (Å²) in [7, 11) is 3.09. The maximum atomic E-state index is 13.5. The molecule has 0 radical (unpaired) electrons. The van der Waals surface area contributed by atoms with Gasteiger partial charge in [-0.05, 0) is 36.6 Å². The van der Waals surface area contributed by atoms with Crippen LogP contribution in [0, 0.1) is 16.0 Å². The van der Waals surface area contributed by atoms with E-state index in [4.69, 9.17) is 46.3 Å². The summed E-state index contributed by atoms with van der Waals surface area (Å²) in [5.74, 6) is -4.95. The average Bonchev–Trinajstić information content (AvgIpc) is 3.67. The molecule has 0 spiro atoms. The average molecular weight is 823 g/mol. The lowest BCUT2D eigenvalue weighted by molar-refractivity contribution is -0.758. The summed E-state index contributed by atoms with van der Waals surface area (Å²) in [4.78, 5) is 94.7. The summed E-state index contributed by atoms with van der Waals surface area (Å²) < 4.78 is 15.6. The van der Waals surface area contributed by atoms with E-state index < -0.39 is 53.6 Å². The van der Waals surface area contributed by atoms with E-state index in [-0.39, 0.29) is 49.8 Å². The third-order valence-corrected chi connectivity index (χ3v) is 8.12. The number of carboxylic acids is 2. The van der Waals surface area contributed by atoms with E-state index in [0.717, 1.165) is 18.4 Å². The van der Waals surface area contributed by atoms with Gasteiger partial charge in [0.2, 0.25) is 11.9 Å². The van der Waals surface area contributed by atoms with E-state index >= 15 is 0 Å². The smallest absolute Gasteiger partial charge is 0.346 e. The van der Waals surface area contributed by atoms with E-state index in [9.17, 15) is 34.1 Å². The van der Waals surface area contributed by atoms with Gasteiger partial charge >= 0.3 is 23.9 Å². The number of esters is 1. The molecule has 23 nitrogen and oxygen atoms in total. The number of carboxylic acid groups (broad SMARTS) is 2. The number of ether oxygens (including phenoxy) is 3. The van der Waals surface area contributed by atoms with Crippen LogP contribution in [0.4, 0.5) is 17.7 Å². The number of rotatable bonds is 20. The number of aliphatic carboxylic acids is 2. The minimum Gasteiger partial charge on any atom is -0.495 e. The van der Waals surface area contributed by atoms with Crippen LogP contribution in [0.1, 0.15) is 41.6 Å². The van der Waals surface area contributed by atoms with Crippen molar-refractivity contribution >= 4 is 59.1 Å². The molecule has 24 heteroatoms. The number of nitrogens with zero attached hydrogens (tertiary/aromatic N) is 7. The highest BCUT2D eigenvalue weighted by Gasteiger charge is 2.30. The largest absolute Gasteiger partial charge is 0.495 e. The number of anilines is 3. The lowest BCUT2D eigenvalue weighted by Gasteiger charge is -2.25. The topological polar surface area (TPSA) is 305 Å². The molecule has 1 aliphatic heterocycles. The molecule has 0 bridgehead atoms. The predicted octanol–water partition coefficient (Wildman–Crippen LogP) is 2.12. The molecule has 1 aromatic carbocycles. The SMILES string of the molecule is COc1ccc(CNc2nc(N3CCC[C@H]3COC(=O)COCCO[N+](=O)[O-])ncc2C(=O)N(C)c2ncccn2)cc1Cl.O=C(O)CC(CC(=O)O)C(=O)OO. The van der Waals surface area contributed by atoms with E-state index in [1.807, 2.05) is 11.0 Å².